The van der Waals surface area contributed by atoms with Crippen LogP contribution in [-0.2, 0) is 16.1 Å². The summed E-state index contributed by atoms with van der Waals surface area (Å²) in [4.78, 5) is 50.4. The lowest BCUT2D eigenvalue weighted by Crippen LogP contribution is -2.57. The van der Waals surface area contributed by atoms with Crippen LogP contribution >= 0.6 is 11.3 Å². The molecule has 3 aromatic carbocycles. The van der Waals surface area contributed by atoms with Gasteiger partial charge in [-0.1, -0.05) is 57.2 Å². The number of nitrogen functional groups attached to an aromatic ring is 1. The SMILES string of the molecule is Cc1ncsc1-c1ccc(CNC(=O)[C@@H]2C[C@@H](O)CN2C(=O)C(NC(=O)c2ccc(N3CC(n4cc(-c5cc(-c6ccccc6O)nnc5N)cn4)C3)cc2)C(C)(C)C)cc1. The molecule has 0 bridgehead atoms. The molecule has 5 heterocycles. The zero-order valence-electron chi connectivity index (χ0n) is 34.3. The van der Waals surface area contributed by atoms with Gasteiger partial charge in [0.25, 0.3) is 5.91 Å². The molecule has 3 amide bonds. The van der Waals surface area contributed by atoms with Crippen LogP contribution in [0, 0.1) is 12.3 Å². The van der Waals surface area contributed by atoms with Crippen molar-refractivity contribution in [2.24, 2.45) is 5.41 Å². The zero-order valence-corrected chi connectivity index (χ0v) is 35.1. The number of amides is 3. The monoisotopic (exact) mass is 840 g/mol. The summed E-state index contributed by atoms with van der Waals surface area (Å²) in [6, 6.07) is 22.1. The smallest absolute Gasteiger partial charge is 0.251 e. The first-order valence-electron chi connectivity index (χ1n) is 20.1. The number of β-amino-alcohol motifs (C(OH)–C–C–N with tert-alkyl or cyclic N) is 1. The summed E-state index contributed by atoms with van der Waals surface area (Å²) in [6.45, 7) is 9.18. The number of hydrogen-bond acceptors (Lipinski definition) is 12. The Morgan fingerprint density at radius 2 is 1.69 bits per heavy atom. The number of para-hydroxylation sites is 1. The first-order valence-corrected chi connectivity index (χ1v) is 21.0. The molecule has 61 heavy (non-hydrogen) atoms. The Kier molecular flexibility index (Phi) is 11.3. The van der Waals surface area contributed by atoms with Gasteiger partial charge in [-0.25, -0.2) is 4.98 Å². The molecule has 2 saturated heterocycles. The van der Waals surface area contributed by atoms with Crippen molar-refractivity contribution < 1.29 is 24.6 Å². The standard InChI is InChI=1S/C45H48N10O5S/c1-26-39(61-25-48-26)28-11-9-27(10-12-28)19-47-43(59)37-17-33(56)24-54(37)44(60)40(45(2,3)4)50-42(58)29-13-15-31(16-14-29)53-22-32(23-53)55-21-30(20-49-55)35-18-36(51-52-41(35)46)34-7-5-6-8-38(34)57/h5-16,18,20-21,25,32-33,37,40,56-57H,17,19,22-24H2,1-4H3,(H2,46,52)(H,47,59)(H,50,58)/t33-,37+,40?/m1/s1. The Morgan fingerprint density at radius 1 is 0.951 bits per heavy atom. The molecule has 6 aromatic rings. The van der Waals surface area contributed by atoms with Gasteiger partial charge >= 0.3 is 0 Å². The number of aryl methyl sites for hydroxylation is 1. The predicted octanol–water partition coefficient (Wildman–Crippen LogP) is 5.21. The molecule has 0 saturated carbocycles. The van der Waals surface area contributed by atoms with E-state index >= 15 is 0 Å². The number of nitrogens with one attached hydrogen (secondary N) is 2. The fourth-order valence-corrected chi connectivity index (χ4v) is 8.59. The fourth-order valence-electron chi connectivity index (χ4n) is 7.78. The van der Waals surface area contributed by atoms with Gasteiger partial charge < -0.3 is 36.4 Å². The first kappa shape index (κ1) is 41.1. The van der Waals surface area contributed by atoms with E-state index in [0.29, 0.717) is 35.5 Å². The van der Waals surface area contributed by atoms with E-state index in [1.54, 1.807) is 53.9 Å². The summed E-state index contributed by atoms with van der Waals surface area (Å²) in [5.41, 5.74) is 14.1. The van der Waals surface area contributed by atoms with Crippen LogP contribution in [0.25, 0.3) is 32.8 Å². The molecule has 0 spiro atoms. The number of aliphatic hydroxyl groups excluding tert-OH is 1. The molecule has 16 heteroatoms. The van der Waals surface area contributed by atoms with Crippen molar-refractivity contribution in [3.8, 4) is 38.6 Å². The van der Waals surface area contributed by atoms with Crippen LogP contribution in [0.4, 0.5) is 11.5 Å². The van der Waals surface area contributed by atoms with Crippen molar-refractivity contribution in [1.82, 2.24) is 40.5 Å². The van der Waals surface area contributed by atoms with Gasteiger partial charge in [0.1, 0.15) is 17.8 Å². The number of carbonyl (C=O) groups excluding carboxylic acids is 3. The third-order valence-electron chi connectivity index (χ3n) is 11.3. The van der Waals surface area contributed by atoms with Gasteiger partial charge in [0.05, 0.1) is 40.1 Å². The normalized spacial score (nSPS) is 17.2. The van der Waals surface area contributed by atoms with E-state index in [-0.39, 0.29) is 43.0 Å². The third-order valence-corrected chi connectivity index (χ3v) is 12.3. The van der Waals surface area contributed by atoms with Crippen LogP contribution in [0.2, 0.25) is 0 Å². The summed E-state index contributed by atoms with van der Waals surface area (Å²) in [5.74, 6) is -0.847. The lowest BCUT2D eigenvalue weighted by Gasteiger charge is -2.41. The number of aliphatic hydroxyl groups is 1. The molecule has 1 unspecified atom stereocenters. The van der Waals surface area contributed by atoms with Crippen LogP contribution in [0.15, 0.2) is 96.8 Å². The molecular formula is C45H48N10O5S. The highest BCUT2D eigenvalue weighted by molar-refractivity contribution is 7.13. The fraction of sp³-hybridized carbons (Fsp3) is 0.311. The van der Waals surface area contributed by atoms with Crippen LogP contribution < -0.4 is 21.3 Å². The topological polar surface area (TPSA) is 205 Å². The number of anilines is 2. The highest BCUT2D eigenvalue weighted by Crippen LogP contribution is 2.34. The van der Waals surface area contributed by atoms with Crippen molar-refractivity contribution in [1.29, 1.82) is 0 Å². The van der Waals surface area contributed by atoms with E-state index in [9.17, 15) is 24.6 Å². The zero-order chi connectivity index (χ0) is 43.0. The molecule has 2 aliphatic rings. The summed E-state index contributed by atoms with van der Waals surface area (Å²) >= 11 is 1.58. The number of nitrogens with two attached hydrogens (primary N) is 1. The number of rotatable bonds is 11. The molecular weight excluding hydrogens is 793 g/mol. The predicted molar refractivity (Wildman–Crippen MR) is 233 cm³/mol. The van der Waals surface area contributed by atoms with Gasteiger partial charge in [0.2, 0.25) is 11.8 Å². The molecule has 2 fully saturated rings. The largest absolute Gasteiger partial charge is 0.507 e. The molecule has 15 nitrogen and oxygen atoms in total. The lowest BCUT2D eigenvalue weighted by molar-refractivity contribution is -0.142. The maximum atomic E-state index is 14.2. The molecule has 314 valence electrons. The Balaban J connectivity index is 0.870. The van der Waals surface area contributed by atoms with Gasteiger partial charge in [0.15, 0.2) is 5.82 Å². The highest BCUT2D eigenvalue weighted by Gasteiger charge is 2.44. The number of phenols is 1. The lowest BCUT2D eigenvalue weighted by atomic mass is 9.85. The van der Waals surface area contributed by atoms with E-state index in [4.69, 9.17) is 5.73 Å². The summed E-state index contributed by atoms with van der Waals surface area (Å²) in [5, 5.41) is 39.7. The number of likely N-dealkylation sites (tertiary alicyclic amines) is 1. The minimum atomic E-state index is -0.964. The Morgan fingerprint density at radius 3 is 2.38 bits per heavy atom. The Labute approximate surface area is 357 Å². The molecule has 0 aliphatic carbocycles. The molecule has 6 N–H and O–H groups in total. The number of aromatic hydroxyl groups is 1. The van der Waals surface area contributed by atoms with E-state index in [2.05, 4.69) is 35.8 Å². The Hall–Kier alpha value is -6.65. The molecule has 2 aliphatic heterocycles. The number of aromatic nitrogens is 5. The quantitative estimate of drug-likeness (QED) is 0.115. The summed E-state index contributed by atoms with van der Waals surface area (Å²) in [6.07, 6.45) is 2.89. The van der Waals surface area contributed by atoms with Gasteiger partial charge in [-0.3, -0.25) is 19.1 Å². The van der Waals surface area contributed by atoms with E-state index in [0.717, 1.165) is 32.9 Å². The van der Waals surface area contributed by atoms with Gasteiger partial charge in [-0.15, -0.1) is 21.5 Å². The maximum Gasteiger partial charge on any atom is 0.251 e. The van der Waals surface area contributed by atoms with Gasteiger partial charge in [-0.05, 0) is 65.9 Å². The second-order valence-corrected chi connectivity index (χ2v) is 17.6. The van der Waals surface area contributed by atoms with Crippen LogP contribution in [0.1, 0.15) is 54.8 Å². The third kappa shape index (κ3) is 8.67. The molecule has 8 rings (SSSR count). The van der Waals surface area contributed by atoms with Gasteiger partial charge in [-0.2, -0.15) is 5.10 Å². The number of carbonyl (C=O) groups is 3. The van der Waals surface area contributed by atoms with Crippen molar-refractivity contribution >= 4 is 40.6 Å². The van der Waals surface area contributed by atoms with E-state index in [1.807, 2.05) is 86.5 Å². The maximum absolute atomic E-state index is 14.2. The van der Waals surface area contributed by atoms with E-state index < -0.39 is 35.4 Å². The van der Waals surface area contributed by atoms with Crippen molar-refractivity contribution in [3.63, 3.8) is 0 Å². The minimum Gasteiger partial charge on any atom is -0.507 e. The number of thiazole rings is 1. The highest BCUT2D eigenvalue weighted by atomic mass is 32.1. The second kappa shape index (κ2) is 16.8. The van der Waals surface area contributed by atoms with Crippen LogP contribution in [0.3, 0.4) is 0 Å². The summed E-state index contributed by atoms with van der Waals surface area (Å²) in [7, 11) is 0. The van der Waals surface area contributed by atoms with Crippen molar-refractivity contribution in [2.75, 3.05) is 30.3 Å². The average Bonchev–Trinajstić information content (AvgIpc) is 3.99. The molecule has 0 radical (unpaired) electrons. The average molecular weight is 841 g/mol. The minimum absolute atomic E-state index is 0.0107. The molecule has 3 atom stereocenters. The van der Waals surface area contributed by atoms with Crippen LogP contribution in [0.5, 0.6) is 5.75 Å². The number of phenolic OH excluding ortho intramolecular Hbond substituents is 1. The summed E-state index contributed by atoms with van der Waals surface area (Å²) < 4.78 is 1.90. The second-order valence-electron chi connectivity index (χ2n) is 16.7. The Bertz CT molecular complexity index is 2560. The first-order chi connectivity index (χ1) is 29.2. The van der Waals surface area contributed by atoms with E-state index in [1.165, 1.54) is 4.90 Å². The number of benzene rings is 3. The number of hydrogen-bond donors (Lipinski definition) is 5. The molecule has 3 aromatic heterocycles. The van der Waals surface area contributed by atoms with Gasteiger partial charge in [0, 0.05) is 66.7 Å². The van der Waals surface area contributed by atoms with Crippen molar-refractivity contribution in [3.05, 3.63) is 114 Å². The van der Waals surface area contributed by atoms with Crippen molar-refractivity contribution in [2.45, 2.75) is 64.9 Å². The van der Waals surface area contributed by atoms with Crippen LogP contribution in [-0.4, -0.2) is 95.6 Å². The number of nitrogens with zero attached hydrogens (tertiary/aromatic N) is 7.